The second kappa shape index (κ2) is 8.47. The first kappa shape index (κ1) is 25.7. The molecule has 3 saturated heterocycles. The Hall–Kier alpha value is -2.55. The summed E-state index contributed by atoms with van der Waals surface area (Å²) >= 11 is 0. The van der Waals surface area contributed by atoms with Crippen LogP contribution in [0.3, 0.4) is 0 Å². The first-order valence-electron chi connectivity index (χ1n) is 13.7. The standard InChI is InChI=1S/C30H37NO7/c1-15-10-9-13-19-24-29(5,38-24)16(2)21-20(14-18-11-7-6-8-12-18)31-27(34)30(19,21)26(36-17(3)32)22-25(37-22)28(4,35)23(15)33/h6-9,11-13,15-16,19-22,24-26,35H,10,14H2,1-5H3,(H,31,34)/t15-,16-,19-,20-,21+,22+,24-,25+,26+,28-,29+,30-/m0/s1. The minimum absolute atomic E-state index is 0.0359. The molecular formula is C30H37NO7. The Balaban J connectivity index is 1.52. The van der Waals surface area contributed by atoms with E-state index in [0.717, 1.165) is 5.56 Å². The summed E-state index contributed by atoms with van der Waals surface area (Å²) < 4.78 is 18.4. The number of Topliss-reactive ketones (excluding diaryl/α,β-unsaturated/α-hetero) is 1. The van der Waals surface area contributed by atoms with Gasteiger partial charge in [-0.05, 0) is 38.2 Å². The number of hydrogen-bond donors (Lipinski definition) is 2. The first-order chi connectivity index (χ1) is 17.9. The van der Waals surface area contributed by atoms with Crippen LogP contribution in [0.1, 0.15) is 46.6 Å². The van der Waals surface area contributed by atoms with Gasteiger partial charge in [0.25, 0.3) is 0 Å². The van der Waals surface area contributed by atoms with Crippen molar-refractivity contribution < 1.29 is 33.7 Å². The Morgan fingerprint density at radius 2 is 1.87 bits per heavy atom. The molecule has 8 heteroatoms. The number of hydrogen-bond acceptors (Lipinski definition) is 7. The summed E-state index contributed by atoms with van der Waals surface area (Å²) in [6, 6.07) is 9.80. The summed E-state index contributed by atoms with van der Waals surface area (Å²) in [7, 11) is 0. The number of ketones is 1. The van der Waals surface area contributed by atoms with Crippen LogP contribution in [0.25, 0.3) is 0 Å². The Kier molecular flexibility index (Phi) is 5.73. The van der Waals surface area contributed by atoms with Gasteiger partial charge in [0.1, 0.15) is 29.3 Å². The zero-order chi connectivity index (χ0) is 27.2. The van der Waals surface area contributed by atoms with E-state index in [1.54, 1.807) is 6.92 Å². The van der Waals surface area contributed by atoms with Gasteiger partial charge in [-0.1, -0.05) is 56.3 Å². The average molecular weight is 524 g/mol. The molecular weight excluding hydrogens is 486 g/mol. The number of allylic oxidation sites excluding steroid dienone is 1. The molecule has 8 nitrogen and oxygen atoms in total. The van der Waals surface area contributed by atoms with Gasteiger partial charge < -0.3 is 24.6 Å². The summed E-state index contributed by atoms with van der Waals surface area (Å²) in [6.07, 6.45) is 2.06. The maximum Gasteiger partial charge on any atom is 0.303 e. The minimum Gasteiger partial charge on any atom is -0.458 e. The number of carbonyl (C=O) groups excluding carboxylic acids is 3. The maximum absolute atomic E-state index is 14.4. The lowest BCUT2D eigenvalue weighted by Gasteiger charge is -2.49. The maximum atomic E-state index is 14.4. The van der Waals surface area contributed by atoms with Crippen LogP contribution >= 0.6 is 0 Å². The van der Waals surface area contributed by atoms with Crippen molar-refractivity contribution in [2.45, 2.75) is 89.1 Å². The smallest absolute Gasteiger partial charge is 0.303 e. The van der Waals surface area contributed by atoms with Crippen LogP contribution in [0.15, 0.2) is 42.5 Å². The predicted octanol–water partition coefficient (Wildman–Crippen LogP) is 2.37. The molecule has 6 rings (SSSR count). The Labute approximate surface area is 223 Å². The van der Waals surface area contributed by atoms with E-state index in [1.165, 1.54) is 13.8 Å². The fraction of sp³-hybridized carbons (Fsp3) is 0.633. The van der Waals surface area contributed by atoms with Gasteiger partial charge in [-0.3, -0.25) is 14.4 Å². The van der Waals surface area contributed by atoms with Gasteiger partial charge in [-0.2, -0.15) is 0 Å². The number of esters is 1. The molecule has 0 aromatic heterocycles. The van der Waals surface area contributed by atoms with Crippen LogP contribution in [0.4, 0.5) is 0 Å². The van der Waals surface area contributed by atoms with Crippen LogP contribution in [0, 0.1) is 29.1 Å². The number of ether oxygens (including phenoxy) is 3. The molecule has 1 aromatic carbocycles. The van der Waals surface area contributed by atoms with Gasteiger partial charge in [0, 0.05) is 30.7 Å². The van der Waals surface area contributed by atoms with E-state index in [0.29, 0.717) is 12.8 Å². The SMILES string of the molecule is CC(=O)O[C@@H]1[C@@H]2O[C@H]2[C@@](C)(O)C(=O)[C@@H](C)CC=C[C@H]2[C@@H]3O[C@]3(C)[C@@H](C)[C@@H]3[C@H](Cc4ccccc4)NC(=O)[C@@]312. The van der Waals surface area contributed by atoms with Crippen molar-refractivity contribution in [2.24, 2.45) is 29.1 Å². The highest BCUT2D eigenvalue weighted by atomic mass is 16.6. The Morgan fingerprint density at radius 3 is 2.55 bits per heavy atom. The molecule has 12 atom stereocenters. The van der Waals surface area contributed by atoms with E-state index in [2.05, 4.69) is 19.2 Å². The third-order valence-electron chi connectivity index (χ3n) is 10.1. The third kappa shape index (κ3) is 3.49. The molecule has 38 heavy (non-hydrogen) atoms. The molecule has 5 aliphatic rings. The second-order valence-corrected chi connectivity index (χ2v) is 12.4. The molecule has 204 valence electrons. The first-order valence-corrected chi connectivity index (χ1v) is 13.7. The van der Waals surface area contributed by atoms with Crippen molar-refractivity contribution in [1.82, 2.24) is 5.32 Å². The number of rotatable bonds is 3. The van der Waals surface area contributed by atoms with Crippen molar-refractivity contribution in [3.8, 4) is 0 Å². The average Bonchev–Trinajstić information content (AvgIpc) is 3.77. The van der Waals surface area contributed by atoms with Gasteiger partial charge in [-0.25, -0.2) is 0 Å². The van der Waals surface area contributed by atoms with E-state index in [4.69, 9.17) is 14.2 Å². The van der Waals surface area contributed by atoms with Crippen molar-refractivity contribution in [1.29, 1.82) is 0 Å². The highest BCUT2D eigenvalue weighted by Gasteiger charge is 2.81. The minimum atomic E-state index is -1.77. The lowest BCUT2D eigenvalue weighted by Crippen LogP contribution is -2.62. The summed E-state index contributed by atoms with van der Waals surface area (Å²) in [5.41, 5.74) is -2.29. The van der Waals surface area contributed by atoms with E-state index < -0.39 is 52.7 Å². The van der Waals surface area contributed by atoms with Gasteiger partial charge in [0.15, 0.2) is 5.78 Å². The van der Waals surface area contributed by atoms with Gasteiger partial charge >= 0.3 is 5.97 Å². The number of carbonyl (C=O) groups is 3. The Morgan fingerprint density at radius 1 is 1.16 bits per heavy atom. The van der Waals surface area contributed by atoms with Crippen molar-refractivity contribution in [3.05, 3.63) is 48.0 Å². The number of aliphatic hydroxyl groups is 1. The molecule has 1 spiro atoms. The monoisotopic (exact) mass is 523 g/mol. The lowest BCUT2D eigenvalue weighted by atomic mass is 9.50. The summed E-state index contributed by atoms with van der Waals surface area (Å²) in [5.74, 6) is -2.18. The number of benzene rings is 1. The lowest BCUT2D eigenvalue weighted by molar-refractivity contribution is -0.171. The van der Waals surface area contributed by atoms with Crippen LogP contribution in [0.2, 0.25) is 0 Å². The van der Waals surface area contributed by atoms with E-state index >= 15 is 0 Å². The number of epoxide rings is 2. The number of fused-ring (bicyclic) bond motifs is 3. The zero-order valence-electron chi connectivity index (χ0n) is 22.5. The van der Waals surface area contributed by atoms with E-state index in [1.807, 2.05) is 42.5 Å². The molecule has 2 N–H and O–H groups in total. The van der Waals surface area contributed by atoms with Crippen LogP contribution in [0.5, 0.6) is 0 Å². The van der Waals surface area contributed by atoms with E-state index in [-0.39, 0.29) is 35.7 Å². The van der Waals surface area contributed by atoms with Crippen molar-refractivity contribution >= 4 is 17.7 Å². The largest absolute Gasteiger partial charge is 0.458 e. The molecule has 1 aromatic rings. The molecule has 3 aliphatic heterocycles. The van der Waals surface area contributed by atoms with E-state index in [9.17, 15) is 19.5 Å². The highest BCUT2D eigenvalue weighted by Crippen LogP contribution is 2.68. The van der Waals surface area contributed by atoms with Crippen molar-refractivity contribution in [3.63, 3.8) is 0 Å². The number of nitrogens with one attached hydrogen (secondary N) is 1. The third-order valence-corrected chi connectivity index (χ3v) is 10.1. The quantitative estimate of drug-likeness (QED) is 0.355. The molecule has 2 aliphatic carbocycles. The van der Waals surface area contributed by atoms with Crippen LogP contribution in [-0.2, 0) is 35.0 Å². The molecule has 1 saturated carbocycles. The number of amides is 1. The topological polar surface area (TPSA) is 118 Å². The van der Waals surface area contributed by atoms with Crippen LogP contribution in [-0.4, -0.2) is 64.4 Å². The normalized spacial score (nSPS) is 48.9. The molecule has 4 fully saturated rings. The molecule has 0 unspecified atom stereocenters. The molecule has 0 radical (unpaired) electrons. The molecule has 3 heterocycles. The summed E-state index contributed by atoms with van der Waals surface area (Å²) in [4.78, 5) is 40.2. The summed E-state index contributed by atoms with van der Waals surface area (Å²) in [6.45, 7) is 8.79. The van der Waals surface area contributed by atoms with Crippen molar-refractivity contribution in [2.75, 3.05) is 0 Å². The molecule has 1 amide bonds. The molecule has 0 bridgehead atoms. The van der Waals surface area contributed by atoms with Gasteiger partial charge in [0.2, 0.25) is 5.91 Å². The fourth-order valence-electron chi connectivity index (χ4n) is 8.06. The van der Waals surface area contributed by atoms with Gasteiger partial charge in [0.05, 0.1) is 11.7 Å². The zero-order valence-corrected chi connectivity index (χ0v) is 22.5. The fourth-order valence-corrected chi connectivity index (χ4v) is 8.06. The Bertz CT molecular complexity index is 1200. The van der Waals surface area contributed by atoms with Gasteiger partial charge in [-0.15, -0.1) is 0 Å². The van der Waals surface area contributed by atoms with Crippen LogP contribution < -0.4 is 5.32 Å². The summed E-state index contributed by atoms with van der Waals surface area (Å²) in [5, 5.41) is 14.6. The second-order valence-electron chi connectivity index (χ2n) is 12.4. The predicted molar refractivity (Wildman–Crippen MR) is 137 cm³/mol. The highest BCUT2D eigenvalue weighted by molar-refractivity contribution is 5.91.